The minimum atomic E-state index is -0.434. The van der Waals surface area contributed by atoms with Gasteiger partial charge in [0.05, 0.1) is 6.42 Å². The maximum Gasteiger partial charge on any atom is 0.311 e. The maximum absolute atomic E-state index is 13.8. The molecular formula is C18H17FO3. The van der Waals surface area contributed by atoms with Gasteiger partial charge in [0.25, 0.3) is 0 Å². The summed E-state index contributed by atoms with van der Waals surface area (Å²) in [6, 6.07) is 11.9. The largest absolute Gasteiger partial charge is 0.486 e. The molecule has 0 N–H and O–H groups in total. The van der Waals surface area contributed by atoms with Gasteiger partial charge in [-0.2, -0.15) is 0 Å². The first kappa shape index (κ1) is 14.6. The van der Waals surface area contributed by atoms with Gasteiger partial charge in [-0.15, -0.1) is 0 Å². The highest BCUT2D eigenvalue weighted by Crippen LogP contribution is 2.37. The molecular weight excluding hydrogens is 283 g/mol. The van der Waals surface area contributed by atoms with Crippen molar-refractivity contribution in [2.24, 2.45) is 0 Å². The molecule has 0 amide bonds. The third-order valence-electron chi connectivity index (χ3n) is 3.87. The first-order chi connectivity index (χ1) is 10.5. The molecule has 2 aromatic carbocycles. The Bertz CT molecular complexity index is 711. The average molecular weight is 300 g/mol. The Hall–Kier alpha value is -2.36. The van der Waals surface area contributed by atoms with Crippen LogP contribution in [0.15, 0.2) is 42.5 Å². The number of hydrogen-bond acceptors (Lipinski definition) is 3. The van der Waals surface area contributed by atoms with Crippen LogP contribution in [0.25, 0.3) is 0 Å². The van der Waals surface area contributed by atoms with Crippen molar-refractivity contribution < 1.29 is 18.7 Å². The van der Waals surface area contributed by atoms with Crippen LogP contribution in [0.4, 0.5) is 4.39 Å². The van der Waals surface area contributed by atoms with E-state index in [1.807, 2.05) is 19.1 Å². The second-order valence-electron chi connectivity index (χ2n) is 5.56. The van der Waals surface area contributed by atoms with E-state index in [0.29, 0.717) is 23.5 Å². The van der Waals surface area contributed by atoms with Crippen molar-refractivity contribution in [3.8, 4) is 11.5 Å². The van der Waals surface area contributed by atoms with Crippen LogP contribution in [0.2, 0.25) is 0 Å². The molecule has 2 aromatic rings. The summed E-state index contributed by atoms with van der Waals surface area (Å²) in [5, 5.41) is 0. The van der Waals surface area contributed by atoms with Gasteiger partial charge in [-0.25, -0.2) is 4.39 Å². The minimum absolute atomic E-state index is 0.134. The first-order valence-corrected chi connectivity index (χ1v) is 7.30. The monoisotopic (exact) mass is 300 g/mol. The van der Waals surface area contributed by atoms with E-state index in [9.17, 15) is 9.18 Å². The minimum Gasteiger partial charge on any atom is -0.486 e. The number of rotatable bonds is 3. The summed E-state index contributed by atoms with van der Waals surface area (Å²) in [5.74, 6) is 0.681. The van der Waals surface area contributed by atoms with Crippen LogP contribution in [0.5, 0.6) is 11.5 Å². The van der Waals surface area contributed by atoms with Crippen molar-refractivity contribution in [3.63, 3.8) is 0 Å². The average Bonchev–Trinajstić information content (AvgIpc) is 2.47. The molecule has 114 valence electrons. The van der Waals surface area contributed by atoms with Crippen molar-refractivity contribution >= 4 is 5.97 Å². The molecule has 0 aromatic heterocycles. The predicted octanol–water partition coefficient (Wildman–Crippen LogP) is 4.38. The lowest BCUT2D eigenvalue weighted by Gasteiger charge is -2.23. The number of halogens is 1. The molecule has 2 unspecified atom stereocenters. The van der Waals surface area contributed by atoms with Crippen LogP contribution in [-0.2, 0) is 4.79 Å². The topological polar surface area (TPSA) is 35.5 Å². The van der Waals surface area contributed by atoms with Gasteiger partial charge < -0.3 is 9.47 Å². The van der Waals surface area contributed by atoms with E-state index in [4.69, 9.17) is 9.47 Å². The number of carbonyl (C=O) groups is 1. The molecule has 1 aliphatic heterocycles. The Morgan fingerprint density at radius 3 is 2.82 bits per heavy atom. The number of carbonyl (C=O) groups excluding carboxylic acids is 1. The van der Waals surface area contributed by atoms with Crippen LogP contribution < -0.4 is 9.47 Å². The molecule has 0 saturated heterocycles. The Morgan fingerprint density at radius 1 is 1.27 bits per heavy atom. The quantitative estimate of drug-likeness (QED) is 0.623. The third kappa shape index (κ3) is 2.82. The van der Waals surface area contributed by atoms with E-state index in [1.165, 1.54) is 6.07 Å². The molecule has 2 atom stereocenters. The van der Waals surface area contributed by atoms with Gasteiger partial charge in [-0.05, 0) is 30.5 Å². The Labute approximate surface area is 128 Å². The number of esters is 1. The van der Waals surface area contributed by atoms with Gasteiger partial charge in [0.15, 0.2) is 0 Å². The van der Waals surface area contributed by atoms with E-state index in [2.05, 4.69) is 0 Å². The molecule has 0 bridgehead atoms. The molecule has 3 rings (SSSR count). The highest BCUT2D eigenvalue weighted by Gasteiger charge is 2.24. The van der Waals surface area contributed by atoms with E-state index in [-0.39, 0.29) is 17.7 Å². The van der Waals surface area contributed by atoms with Crippen molar-refractivity contribution in [2.75, 3.05) is 0 Å². The van der Waals surface area contributed by atoms with Gasteiger partial charge in [0, 0.05) is 11.6 Å². The molecule has 3 nitrogen and oxygen atoms in total. The van der Waals surface area contributed by atoms with Gasteiger partial charge >= 0.3 is 5.97 Å². The maximum atomic E-state index is 13.8. The van der Waals surface area contributed by atoms with Crippen LogP contribution >= 0.6 is 0 Å². The summed E-state index contributed by atoms with van der Waals surface area (Å²) in [6.07, 6.45) is -0.0466. The normalized spacial score (nSPS) is 18.3. The lowest BCUT2D eigenvalue weighted by Crippen LogP contribution is -2.18. The Kier molecular flexibility index (Phi) is 3.84. The van der Waals surface area contributed by atoms with Gasteiger partial charge in [-0.3, -0.25) is 4.79 Å². The second-order valence-corrected chi connectivity index (χ2v) is 5.56. The molecule has 0 spiro atoms. The smallest absolute Gasteiger partial charge is 0.311 e. The van der Waals surface area contributed by atoms with E-state index in [1.54, 1.807) is 31.2 Å². The number of fused-ring (bicyclic) bond motifs is 1. The summed E-state index contributed by atoms with van der Waals surface area (Å²) < 4.78 is 24.8. The van der Waals surface area contributed by atoms with Crippen LogP contribution in [-0.4, -0.2) is 5.97 Å². The zero-order valence-corrected chi connectivity index (χ0v) is 12.5. The van der Waals surface area contributed by atoms with E-state index < -0.39 is 6.10 Å². The molecule has 0 radical (unpaired) electrons. The SMILES string of the molecule is CC1CC(=O)Oc2cc(OC(C)c3ccccc3F)ccc21. The van der Waals surface area contributed by atoms with E-state index in [0.717, 1.165) is 5.56 Å². The molecule has 0 fully saturated rings. The van der Waals surface area contributed by atoms with Gasteiger partial charge in [0.1, 0.15) is 23.4 Å². The van der Waals surface area contributed by atoms with Gasteiger partial charge in [0.2, 0.25) is 0 Å². The number of benzene rings is 2. The Balaban J connectivity index is 1.83. The van der Waals surface area contributed by atoms with Crippen LogP contribution in [0.3, 0.4) is 0 Å². The van der Waals surface area contributed by atoms with Crippen molar-refractivity contribution in [1.82, 2.24) is 0 Å². The second kappa shape index (κ2) is 5.79. The fourth-order valence-electron chi connectivity index (χ4n) is 2.68. The molecule has 0 aliphatic carbocycles. The number of ether oxygens (including phenoxy) is 2. The lowest BCUT2D eigenvalue weighted by molar-refractivity contribution is -0.135. The molecule has 0 saturated carbocycles. The standard InChI is InChI=1S/C18H17FO3/c1-11-9-18(20)22-17-10-13(7-8-14(11)17)21-12(2)15-5-3-4-6-16(15)19/h3-8,10-12H,9H2,1-2H3. The van der Waals surface area contributed by atoms with Gasteiger partial charge in [-0.1, -0.05) is 31.2 Å². The fraction of sp³-hybridized carbons (Fsp3) is 0.278. The third-order valence-corrected chi connectivity index (χ3v) is 3.87. The zero-order valence-electron chi connectivity index (χ0n) is 12.5. The van der Waals surface area contributed by atoms with Crippen molar-refractivity contribution in [3.05, 3.63) is 59.4 Å². The first-order valence-electron chi connectivity index (χ1n) is 7.30. The van der Waals surface area contributed by atoms with Crippen LogP contribution in [0.1, 0.15) is 43.4 Å². The zero-order chi connectivity index (χ0) is 15.7. The summed E-state index contributed by atoms with van der Waals surface area (Å²) >= 11 is 0. The van der Waals surface area contributed by atoms with Crippen LogP contribution in [0, 0.1) is 5.82 Å². The highest BCUT2D eigenvalue weighted by atomic mass is 19.1. The summed E-state index contributed by atoms with van der Waals surface area (Å²) in [7, 11) is 0. The molecule has 22 heavy (non-hydrogen) atoms. The molecule has 4 heteroatoms. The predicted molar refractivity (Wildman–Crippen MR) is 80.6 cm³/mol. The summed E-state index contributed by atoms with van der Waals surface area (Å²) in [5.41, 5.74) is 1.48. The van der Waals surface area contributed by atoms with Crippen molar-refractivity contribution in [2.45, 2.75) is 32.3 Å². The molecule has 1 aliphatic rings. The number of hydrogen-bond donors (Lipinski definition) is 0. The highest BCUT2D eigenvalue weighted by molar-refractivity contribution is 5.76. The lowest BCUT2D eigenvalue weighted by atomic mass is 9.95. The summed E-state index contributed by atoms with van der Waals surface area (Å²) in [6.45, 7) is 3.77. The molecule has 1 heterocycles. The Morgan fingerprint density at radius 2 is 2.05 bits per heavy atom. The van der Waals surface area contributed by atoms with Crippen molar-refractivity contribution in [1.29, 1.82) is 0 Å². The van der Waals surface area contributed by atoms with E-state index >= 15 is 0 Å². The summed E-state index contributed by atoms with van der Waals surface area (Å²) in [4.78, 5) is 11.5. The fourth-order valence-corrected chi connectivity index (χ4v) is 2.68.